The van der Waals surface area contributed by atoms with E-state index >= 15 is 0 Å². The number of hydrogen-bond donors (Lipinski definition) is 4. The zero-order valence-electron chi connectivity index (χ0n) is 22.8. The molecule has 4 aromatic rings. The summed E-state index contributed by atoms with van der Waals surface area (Å²) in [7, 11) is 3.04. The highest BCUT2D eigenvalue weighted by Crippen LogP contribution is 2.29. The SMILES string of the molecule is CC(=O)OC(Oc1cc(C)cc([C@H](Nc2ccc(C(=N)N)cc2)c2nn(-c3ncccn3)c(=O)[nH]2)c1)C(=O)N(C)C. The molecule has 2 atom stereocenters. The Balaban J connectivity index is 1.77. The second-order valence-corrected chi connectivity index (χ2v) is 9.22. The zero-order chi connectivity index (χ0) is 29.7. The van der Waals surface area contributed by atoms with Gasteiger partial charge in [-0.05, 0) is 60.5 Å². The van der Waals surface area contributed by atoms with Gasteiger partial charge in [0.15, 0.2) is 5.82 Å². The molecule has 4 rings (SSSR count). The maximum Gasteiger partial charge on any atom is 0.350 e. The van der Waals surface area contributed by atoms with Gasteiger partial charge in [0.25, 0.3) is 5.95 Å². The molecule has 0 fully saturated rings. The van der Waals surface area contributed by atoms with E-state index in [1.165, 1.54) is 38.3 Å². The van der Waals surface area contributed by atoms with Crippen molar-refractivity contribution in [3.63, 3.8) is 0 Å². The lowest BCUT2D eigenvalue weighted by Crippen LogP contribution is -2.40. The maximum absolute atomic E-state index is 12.9. The predicted octanol–water partition coefficient (Wildman–Crippen LogP) is 1.50. The average Bonchev–Trinajstić information content (AvgIpc) is 3.32. The molecular weight excluding hydrogens is 530 g/mol. The molecule has 0 aliphatic heterocycles. The van der Waals surface area contributed by atoms with Crippen LogP contribution in [0.1, 0.15) is 35.5 Å². The number of amidine groups is 1. The summed E-state index contributed by atoms with van der Waals surface area (Å²) in [6, 6.07) is 12.9. The largest absolute Gasteiger partial charge is 0.446 e. The Hall–Kier alpha value is -5.53. The van der Waals surface area contributed by atoms with Gasteiger partial charge in [0, 0.05) is 44.7 Å². The highest BCUT2D eigenvalue weighted by molar-refractivity contribution is 5.95. The van der Waals surface area contributed by atoms with Crippen LogP contribution in [-0.2, 0) is 14.3 Å². The van der Waals surface area contributed by atoms with Crippen molar-refractivity contribution >= 4 is 23.4 Å². The third-order valence-electron chi connectivity index (χ3n) is 5.72. The van der Waals surface area contributed by atoms with Gasteiger partial charge in [0.05, 0.1) is 0 Å². The number of rotatable bonds is 10. The Morgan fingerprint density at radius 3 is 2.41 bits per heavy atom. The molecule has 0 radical (unpaired) electrons. The number of carbonyl (C=O) groups is 2. The van der Waals surface area contributed by atoms with E-state index in [4.69, 9.17) is 20.6 Å². The Kier molecular flexibility index (Phi) is 8.41. The molecule has 5 N–H and O–H groups in total. The van der Waals surface area contributed by atoms with Gasteiger partial charge in [-0.3, -0.25) is 20.0 Å². The van der Waals surface area contributed by atoms with E-state index in [2.05, 4.69) is 25.4 Å². The number of aromatic nitrogens is 5. The molecular formula is C27H29N9O5. The number of hydrogen-bond acceptors (Lipinski definition) is 10. The number of likely N-dealkylation sites (N-methyl/N-ethyl adjacent to an activating group) is 1. The van der Waals surface area contributed by atoms with Crippen LogP contribution in [0.25, 0.3) is 5.95 Å². The first-order valence-corrected chi connectivity index (χ1v) is 12.4. The maximum atomic E-state index is 12.9. The van der Waals surface area contributed by atoms with Gasteiger partial charge < -0.3 is 25.4 Å². The fraction of sp³-hybridized carbons (Fsp3) is 0.222. The number of nitrogens with zero attached hydrogens (tertiary/aromatic N) is 5. The molecule has 0 bridgehead atoms. The van der Waals surface area contributed by atoms with E-state index in [9.17, 15) is 14.4 Å². The molecule has 1 unspecified atom stereocenters. The Bertz CT molecular complexity index is 1610. The van der Waals surface area contributed by atoms with Crippen LogP contribution >= 0.6 is 0 Å². The first-order chi connectivity index (χ1) is 19.5. The van der Waals surface area contributed by atoms with Crippen molar-refractivity contribution in [3.8, 4) is 11.7 Å². The number of nitrogens with one attached hydrogen (secondary N) is 3. The third-order valence-corrected chi connectivity index (χ3v) is 5.72. The minimum atomic E-state index is -1.50. The van der Waals surface area contributed by atoms with E-state index in [-0.39, 0.29) is 23.4 Å². The third kappa shape index (κ3) is 6.92. The first kappa shape index (κ1) is 28.5. The molecule has 0 saturated heterocycles. The standard InChI is InChI=1S/C27H29N9O5/c1-15-12-18(14-20(13-15)41-25(40-16(2)37)24(38)35(3)4)21(32-19-8-6-17(7-9-19)22(28)29)23-33-27(39)36(34-23)26-30-10-5-11-31-26/h5-14,21,25,32H,1-4H3,(H3,28,29)(H,33,34,39)/t21-,25?/m0/s1. The number of anilines is 1. The van der Waals surface area contributed by atoms with E-state index < -0.39 is 29.9 Å². The highest BCUT2D eigenvalue weighted by Gasteiger charge is 2.27. The van der Waals surface area contributed by atoms with Crippen LogP contribution in [0.2, 0.25) is 0 Å². The Morgan fingerprint density at radius 1 is 1.12 bits per heavy atom. The molecule has 212 valence electrons. The van der Waals surface area contributed by atoms with Gasteiger partial charge in [-0.1, -0.05) is 6.07 Å². The number of carbonyl (C=O) groups excluding carboxylic acids is 2. The number of benzene rings is 2. The molecule has 14 nitrogen and oxygen atoms in total. The van der Waals surface area contributed by atoms with Gasteiger partial charge in [-0.2, -0.15) is 0 Å². The average molecular weight is 560 g/mol. The van der Waals surface area contributed by atoms with Crippen molar-refractivity contribution < 1.29 is 19.1 Å². The fourth-order valence-electron chi connectivity index (χ4n) is 3.85. The van der Waals surface area contributed by atoms with Gasteiger partial charge in [-0.15, -0.1) is 9.78 Å². The Morgan fingerprint density at radius 2 is 1.80 bits per heavy atom. The van der Waals surface area contributed by atoms with Crippen LogP contribution in [0, 0.1) is 12.3 Å². The van der Waals surface area contributed by atoms with Gasteiger partial charge in [0.1, 0.15) is 17.6 Å². The van der Waals surface area contributed by atoms with Gasteiger partial charge in [-0.25, -0.2) is 14.8 Å². The van der Waals surface area contributed by atoms with Gasteiger partial charge >= 0.3 is 23.9 Å². The molecule has 1 amide bonds. The number of aromatic amines is 1. The molecule has 0 spiro atoms. The number of H-pyrrole nitrogens is 1. The van der Waals surface area contributed by atoms with Crippen LogP contribution in [0.5, 0.6) is 5.75 Å². The summed E-state index contributed by atoms with van der Waals surface area (Å²) in [5.41, 5.74) is 7.57. The lowest BCUT2D eigenvalue weighted by molar-refractivity contribution is -0.175. The summed E-state index contributed by atoms with van der Waals surface area (Å²) in [6.45, 7) is 3.00. The minimum absolute atomic E-state index is 0.0749. The van der Waals surface area contributed by atoms with Crippen LogP contribution in [0.4, 0.5) is 5.69 Å². The van der Waals surface area contributed by atoms with Crippen molar-refractivity contribution in [1.82, 2.24) is 29.6 Å². The van der Waals surface area contributed by atoms with Crippen molar-refractivity contribution in [2.24, 2.45) is 5.73 Å². The summed E-state index contributed by atoms with van der Waals surface area (Å²) in [6.07, 6.45) is 1.49. The predicted molar refractivity (Wildman–Crippen MR) is 149 cm³/mol. The summed E-state index contributed by atoms with van der Waals surface area (Å²) in [5, 5.41) is 15.4. The topological polar surface area (TPSA) is 194 Å². The second kappa shape index (κ2) is 12.1. The highest BCUT2D eigenvalue weighted by atomic mass is 16.7. The van der Waals surface area contributed by atoms with Crippen LogP contribution in [0.3, 0.4) is 0 Å². The molecule has 2 aromatic carbocycles. The van der Waals surface area contributed by atoms with Crippen LogP contribution in [-0.4, -0.2) is 67.7 Å². The normalized spacial score (nSPS) is 12.2. The quantitative estimate of drug-likeness (QED) is 0.0957. The first-order valence-electron chi connectivity index (χ1n) is 12.4. The number of amides is 1. The lowest BCUT2D eigenvalue weighted by atomic mass is 10.0. The second-order valence-electron chi connectivity index (χ2n) is 9.22. The summed E-state index contributed by atoms with van der Waals surface area (Å²) in [4.78, 5) is 49.3. The molecule has 0 aliphatic rings. The zero-order valence-corrected chi connectivity index (χ0v) is 22.8. The molecule has 2 heterocycles. The van der Waals surface area contributed by atoms with Crippen molar-refractivity contribution in [2.75, 3.05) is 19.4 Å². The lowest BCUT2D eigenvalue weighted by Gasteiger charge is -2.23. The molecule has 0 saturated carbocycles. The number of esters is 1. The van der Waals surface area contributed by atoms with Crippen LogP contribution < -0.4 is 21.5 Å². The number of nitrogen functional groups attached to an aromatic ring is 1. The summed E-state index contributed by atoms with van der Waals surface area (Å²) < 4.78 is 12.0. The molecule has 0 aliphatic carbocycles. The fourth-order valence-corrected chi connectivity index (χ4v) is 3.85. The monoisotopic (exact) mass is 559 g/mol. The molecule has 14 heteroatoms. The minimum Gasteiger partial charge on any atom is -0.446 e. The van der Waals surface area contributed by atoms with E-state index in [1.807, 2.05) is 13.0 Å². The number of ether oxygens (including phenoxy) is 2. The van der Waals surface area contributed by atoms with E-state index in [1.54, 1.807) is 42.5 Å². The summed E-state index contributed by atoms with van der Waals surface area (Å²) in [5.74, 6) is -0.755. The number of nitrogens with two attached hydrogens (primary N) is 1. The summed E-state index contributed by atoms with van der Waals surface area (Å²) >= 11 is 0. The van der Waals surface area contributed by atoms with Crippen molar-refractivity contribution in [3.05, 3.63) is 93.9 Å². The van der Waals surface area contributed by atoms with E-state index in [0.29, 0.717) is 16.8 Å². The Labute approximate surface area is 234 Å². The van der Waals surface area contributed by atoms with Crippen molar-refractivity contribution in [2.45, 2.75) is 26.2 Å². The van der Waals surface area contributed by atoms with Crippen LogP contribution in [0.15, 0.2) is 65.7 Å². The molecule has 2 aromatic heterocycles. The van der Waals surface area contributed by atoms with E-state index in [0.717, 1.165) is 10.2 Å². The van der Waals surface area contributed by atoms with Crippen molar-refractivity contribution in [1.29, 1.82) is 5.41 Å². The molecule has 41 heavy (non-hydrogen) atoms. The smallest absolute Gasteiger partial charge is 0.350 e. The number of aryl methyl sites for hydroxylation is 1. The van der Waals surface area contributed by atoms with Gasteiger partial charge in [0.2, 0.25) is 0 Å².